The highest BCUT2D eigenvalue weighted by atomic mass is 14.3. The second-order valence-corrected chi connectivity index (χ2v) is 5.34. The van der Waals surface area contributed by atoms with Gasteiger partial charge in [-0.2, -0.15) is 0 Å². The van der Waals surface area contributed by atoms with E-state index in [1.165, 1.54) is 64.2 Å². The summed E-state index contributed by atoms with van der Waals surface area (Å²) in [6, 6.07) is 0. The van der Waals surface area contributed by atoms with Gasteiger partial charge in [0, 0.05) is 0 Å². The minimum atomic E-state index is 1.03. The van der Waals surface area contributed by atoms with E-state index < -0.39 is 0 Å². The van der Waals surface area contributed by atoms with Crippen molar-refractivity contribution < 1.29 is 0 Å². The van der Waals surface area contributed by atoms with Gasteiger partial charge in [0.15, 0.2) is 0 Å². The van der Waals surface area contributed by atoms with Gasteiger partial charge in [-0.05, 0) is 18.3 Å². The maximum atomic E-state index is 2.42. The minimum absolute atomic E-state index is 1.03. The van der Waals surface area contributed by atoms with Crippen LogP contribution >= 0.6 is 0 Å². The van der Waals surface area contributed by atoms with Gasteiger partial charge in [0.25, 0.3) is 0 Å². The molecule has 1 fully saturated rings. The number of hydrogen-bond donors (Lipinski definition) is 0. The minimum Gasteiger partial charge on any atom is -0.0654 e. The molecule has 0 aliphatic heterocycles. The van der Waals surface area contributed by atoms with Crippen LogP contribution in [-0.2, 0) is 0 Å². The third kappa shape index (κ3) is 5.02. The first kappa shape index (κ1) is 12.1. The van der Waals surface area contributed by atoms with Crippen LogP contribution < -0.4 is 0 Å². The van der Waals surface area contributed by atoms with Gasteiger partial charge in [-0.25, -0.2) is 0 Å². The van der Waals surface area contributed by atoms with Crippen LogP contribution in [0.3, 0.4) is 0 Å². The van der Waals surface area contributed by atoms with Crippen LogP contribution in [0.5, 0.6) is 0 Å². The monoisotopic (exact) mass is 196 g/mol. The molecule has 0 N–H and O–H groups in total. The molecule has 0 heteroatoms. The standard InChI is InChI=1S/C14H28/c1-3-4-5-6-7-8-9-14-11-10-13(2)12-14/h13-14H,3-12H2,1-2H3. The van der Waals surface area contributed by atoms with Crippen molar-refractivity contribution in [1.29, 1.82) is 0 Å². The predicted molar refractivity (Wildman–Crippen MR) is 64.5 cm³/mol. The fourth-order valence-electron chi connectivity index (χ4n) is 2.80. The van der Waals surface area contributed by atoms with E-state index in [1.54, 1.807) is 0 Å². The van der Waals surface area contributed by atoms with Crippen molar-refractivity contribution in [3.05, 3.63) is 0 Å². The molecular formula is C14H28. The average Bonchev–Trinajstić information content (AvgIpc) is 2.58. The van der Waals surface area contributed by atoms with Crippen LogP contribution in [0.4, 0.5) is 0 Å². The Balaban J connectivity index is 1.84. The molecule has 1 rings (SSSR count). The largest absolute Gasteiger partial charge is 0.0654 e. The Morgan fingerprint density at radius 3 is 2.29 bits per heavy atom. The van der Waals surface area contributed by atoms with Crippen LogP contribution in [0.25, 0.3) is 0 Å². The molecule has 0 nitrogen and oxygen atoms in total. The van der Waals surface area contributed by atoms with Gasteiger partial charge >= 0.3 is 0 Å². The first-order valence-electron chi connectivity index (χ1n) is 6.83. The molecule has 1 aliphatic carbocycles. The summed E-state index contributed by atoms with van der Waals surface area (Å²) in [4.78, 5) is 0. The van der Waals surface area contributed by atoms with Crippen LogP contribution in [0, 0.1) is 11.8 Å². The zero-order valence-corrected chi connectivity index (χ0v) is 10.2. The maximum Gasteiger partial charge on any atom is -0.0412 e. The van der Waals surface area contributed by atoms with E-state index >= 15 is 0 Å². The van der Waals surface area contributed by atoms with Gasteiger partial charge in [0.05, 0.1) is 0 Å². The normalized spacial score (nSPS) is 27.0. The second-order valence-electron chi connectivity index (χ2n) is 5.34. The van der Waals surface area contributed by atoms with Crippen molar-refractivity contribution >= 4 is 0 Å². The molecule has 14 heavy (non-hydrogen) atoms. The molecule has 1 aliphatic rings. The fourth-order valence-corrected chi connectivity index (χ4v) is 2.80. The third-order valence-electron chi connectivity index (χ3n) is 3.77. The summed E-state index contributed by atoms with van der Waals surface area (Å²) in [5, 5.41) is 0. The van der Waals surface area contributed by atoms with Crippen molar-refractivity contribution in [2.75, 3.05) is 0 Å². The van der Waals surface area contributed by atoms with Crippen LogP contribution in [0.15, 0.2) is 0 Å². The van der Waals surface area contributed by atoms with E-state index in [0.717, 1.165) is 11.8 Å². The lowest BCUT2D eigenvalue weighted by Crippen LogP contribution is -1.94. The van der Waals surface area contributed by atoms with Gasteiger partial charge in [-0.1, -0.05) is 71.6 Å². The van der Waals surface area contributed by atoms with Crippen molar-refractivity contribution in [3.63, 3.8) is 0 Å². The topological polar surface area (TPSA) is 0 Å². The van der Waals surface area contributed by atoms with Crippen LogP contribution in [-0.4, -0.2) is 0 Å². The zero-order valence-electron chi connectivity index (χ0n) is 10.2. The smallest absolute Gasteiger partial charge is 0.0412 e. The van der Waals surface area contributed by atoms with E-state index in [0.29, 0.717) is 0 Å². The first-order valence-corrected chi connectivity index (χ1v) is 6.83. The molecule has 0 heterocycles. The van der Waals surface area contributed by atoms with Gasteiger partial charge < -0.3 is 0 Å². The van der Waals surface area contributed by atoms with Gasteiger partial charge in [-0.15, -0.1) is 0 Å². The molecule has 0 amide bonds. The molecule has 1 saturated carbocycles. The summed E-state index contributed by atoms with van der Waals surface area (Å²) >= 11 is 0. The summed E-state index contributed by atoms with van der Waals surface area (Å²) in [6.45, 7) is 4.71. The van der Waals surface area contributed by atoms with Gasteiger partial charge in [0.2, 0.25) is 0 Å². The zero-order chi connectivity index (χ0) is 10.2. The maximum absolute atomic E-state index is 2.42. The predicted octanol–water partition coefficient (Wildman–Crippen LogP) is 5.17. The van der Waals surface area contributed by atoms with Gasteiger partial charge in [-0.3, -0.25) is 0 Å². The lowest BCUT2D eigenvalue weighted by atomic mass is 9.98. The van der Waals surface area contributed by atoms with Crippen molar-refractivity contribution in [1.82, 2.24) is 0 Å². The van der Waals surface area contributed by atoms with E-state index in [1.807, 2.05) is 0 Å². The molecule has 0 aromatic carbocycles. The number of unbranched alkanes of at least 4 members (excludes halogenated alkanes) is 5. The summed E-state index contributed by atoms with van der Waals surface area (Å²) < 4.78 is 0. The Labute approximate surface area is 90.5 Å². The Hall–Kier alpha value is 0. The average molecular weight is 196 g/mol. The highest BCUT2D eigenvalue weighted by Crippen LogP contribution is 2.33. The molecule has 84 valence electrons. The molecular weight excluding hydrogens is 168 g/mol. The third-order valence-corrected chi connectivity index (χ3v) is 3.77. The van der Waals surface area contributed by atoms with Crippen molar-refractivity contribution in [2.45, 2.75) is 78.1 Å². The molecule has 0 aromatic rings. The lowest BCUT2D eigenvalue weighted by molar-refractivity contribution is 0.447. The number of hydrogen-bond acceptors (Lipinski definition) is 0. The SMILES string of the molecule is CCCCCCCCC1CCC(C)C1. The van der Waals surface area contributed by atoms with Crippen molar-refractivity contribution in [2.24, 2.45) is 11.8 Å². The highest BCUT2D eigenvalue weighted by molar-refractivity contribution is 4.72. The molecule has 0 saturated heterocycles. The summed E-state index contributed by atoms with van der Waals surface area (Å²) in [5.74, 6) is 2.12. The molecule has 2 unspecified atom stereocenters. The fraction of sp³-hybridized carbons (Fsp3) is 1.00. The first-order chi connectivity index (χ1) is 6.83. The lowest BCUT2D eigenvalue weighted by Gasteiger charge is -2.08. The van der Waals surface area contributed by atoms with E-state index in [-0.39, 0.29) is 0 Å². The van der Waals surface area contributed by atoms with Crippen LogP contribution in [0.2, 0.25) is 0 Å². The van der Waals surface area contributed by atoms with E-state index in [2.05, 4.69) is 13.8 Å². The highest BCUT2D eigenvalue weighted by Gasteiger charge is 2.20. The van der Waals surface area contributed by atoms with Crippen LogP contribution in [0.1, 0.15) is 78.1 Å². The quantitative estimate of drug-likeness (QED) is 0.493. The van der Waals surface area contributed by atoms with Gasteiger partial charge in [0.1, 0.15) is 0 Å². The molecule has 2 atom stereocenters. The molecule has 0 spiro atoms. The Kier molecular flexibility index (Phi) is 6.31. The molecule has 0 radical (unpaired) electrons. The molecule has 0 aromatic heterocycles. The number of rotatable bonds is 7. The van der Waals surface area contributed by atoms with E-state index in [4.69, 9.17) is 0 Å². The Morgan fingerprint density at radius 1 is 0.929 bits per heavy atom. The summed E-state index contributed by atoms with van der Waals surface area (Å²) in [6.07, 6.45) is 14.8. The van der Waals surface area contributed by atoms with E-state index in [9.17, 15) is 0 Å². The molecule has 0 bridgehead atoms. The second kappa shape index (κ2) is 7.31. The summed E-state index contributed by atoms with van der Waals surface area (Å²) in [7, 11) is 0. The summed E-state index contributed by atoms with van der Waals surface area (Å²) in [5.41, 5.74) is 0. The Morgan fingerprint density at radius 2 is 1.64 bits per heavy atom. The Bertz CT molecular complexity index is 128. The van der Waals surface area contributed by atoms with Crippen molar-refractivity contribution in [3.8, 4) is 0 Å².